The Balaban J connectivity index is 1.40. The molecule has 0 saturated carbocycles. The summed E-state index contributed by atoms with van der Waals surface area (Å²) in [6.07, 6.45) is -9.04. The standard InChI is InChI=1S/C53H86N4O14/c1-15-40-53(10,63)45(60)34(6)48(61)56-30(2)28-51(8,64-13)46(71-50-43(59)39(57(11)12)27-31(3)66-50)32(4)44(33(5)49(62)68-40)70-42-29-52(9,65-14)47(35(7)67-42)69-41(58)23-24-54-25-26-55-38-22-18-20-36-19-16-17-21-37(36)38/h16-22,30-35,39-40,42-47,50,54-55,59-60,63H,15,23-29H2,1-14H3,(H,56,61)/t30-,31-,32+,33-,34-,35+,39+,40-,42+,43-,44+,45-,46-,47+,50+,51-,52-,53-/m1/s1. The number of fused-ring (bicyclic) bond motifs is 1. The fraction of sp³-hybridized carbons (Fsp3) is 0.755. The maximum Gasteiger partial charge on any atom is 0.311 e. The number of hydrogen-bond acceptors (Lipinski definition) is 17. The Labute approximate surface area is 421 Å². The molecule has 18 heteroatoms. The van der Waals surface area contributed by atoms with E-state index in [0.717, 1.165) is 16.5 Å². The van der Waals surface area contributed by atoms with Gasteiger partial charge in [-0.1, -0.05) is 57.2 Å². The molecule has 3 aliphatic rings. The SMILES string of the molecule is CC[C@H]1OC(=O)[C@H](C)[C@@H](O[C@H]2C[C@@](C)(OC)[C@@H](OC(=O)CCNCCNc3cccc4ccccc34)[C@H](C)O2)[C@H](C)[C@@H](O[C@@H]2O[C@H](C)C[C@H](N(C)C)[C@H]2O)[C@](C)(OC)C[C@@H](C)NC(=O)[C@H](C)[C@@H](O)[C@]1(C)O. The summed E-state index contributed by atoms with van der Waals surface area (Å²) >= 11 is 0. The third-order valence-corrected chi connectivity index (χ3v) is 15.3. The van der Waals surface area contributed by atoms with Crippen LogP contribution in [0, 0.1) is 17.8 Å². The van der Waals surface area contributed by atoms with Gasteiger partial charge in [0, 0.05) is 69.3 Å². The molecule has 0 bridgehead atoms. The number of amides is 1. The Hall–Kier alpha value is -3.53. The molecule has 0 radical (unpaired) electrons. The predicted molar refractivity (Wildman–Crippen MR) is 268 cm³/mol. The third-order valence-electron chi connectivity index (χ3n) is 15.3. The average molecular weight is 1000 g/mol. The smallest absolute Gasteiger partial charge is 0.311 e. The molecule has 0 aromatic heterocycles. The van der Waals surface area contributed by atoms with Crippen molar-refractivity contribution in [2.45, 2.75) is 192 Å². The van der Waals surface area contributed by atoms with E-state index < -0.39 is 114 Å². The molecule has 18 nitrogen and oxygen atoms in total. The van der Waals surface area contributed by atoms with Crippen LogP contribution in [0.15, 0.2) is 42.5 Å². The van der Waals surface area contributed by atoms with Crippen molar-refractivity contribution < 1.29 is 67.6 Å². The fourth-order valence-corrected chi connectivity index (χ4v) is 10.8. The normalized spacial score (nSPS) is 39.0. The Morgan fingerprint density at radius 2 is 1.52 bits per heavy atom. The molecular weight excluding hydrogens is 917 g/mol. The first-order valence-corrected chi connectivity index (χ1v) is 25.5. The maximum absolute atomic E-state index is 14.6. The van der Waals surface area contributed by atoms with Crippen LogP contribution in [0.3, 0.4) is 0 Å². The second-order valence-corrected chi connectivity index (χ2v) is 21.2. The minimum absolute atomic E-state index is 0.0772. The van der Waals surface area contributed by atoms with E-state index in [9.17, 15) is 29.7 Å². The largest absolute Gasteiger partial charge is 0.459 e. The summed E-state index contributed by atoms with van der Waals surface area (Å²) in [5.74, 6) is -4.68. The molecule has 0 aliphatic carbocycles. The van der Waals surface area contributed by atoms with Crippen molar-refractivity contribution in [2.75, 3.05) is 53.3 Å². The summed E-state index contributed by atoms with van der Waals surface area (Å²) in [4.78, 5) is 43.7. The summed E-state index contributed by atoms with van der Waals surface area (Å²) in [5.41, 5.74) is -3.36. The maximum atomic E-state index is 14.6. The second kappa shape index (κ2) is 25.1. The molecule has 2 aromatic rings. The van der Waals surface area contributed by atoms with Gasteiger partial charge in [-0.3, -0.25) is 14.4 Å². The minimum atomic E-state index is -2.03. The van der Waals surface area contributed by atoms with Crippen LogP contribution in [-0.2, 0) is 52.3 Å². The zero-order valence-corrected chi connectivity index (χ0v) is 44.6. The topological polar surface area (TPSA) is 225 Å². The monoisotopic (exact) mass is 1000 g/mol. The average Bonchev–Trinajstić information content (AvgIpc) is 3.33. The van der Waals surface area contributed by atoms with Crippen molar-refractivity contribution in [2.24, 2.45) is 17.8 Å². The van der Waals surface area contributed by atoms with Gasteiger partial charge in [-0.25, -0.2) is 0 Å². The first-order valence-electron chi connectivity index (χ1n) is 25.5. The molecule has 71 heavy (non-hydrogen) atoms. The summed E-state index contributed by atoms with van der Waals surface area (Å²) in [5, 5.41) is 47.2. The van der Waals surface area contributed by atoms with Gasteiger partial charge in [0.05, 0.1) is 54.4 Å². The molecule has 18 atom stereocenters. The lowest BCUT2D eigenvalue weighted by Gasteiger charge is -2.50. The molecule has 3 aliphatic heterocycles. The van der Waals surface area contributed by atoms with E-state index in [4.69, 9.17) is 37.9 Å². The minimum Gasteiger partial charge on any atom is -0.459 e. The Kier molecular flexibility index (Phi) is 20.7. The van der Waals surface area contributed by atoms with Gasteiger partial charge in [-0.2, -0.15) is 0 Å². The molecule has 3 heterocycles. The highest BCUT2D eigenvalue weighted by atomic mass is 16.7. The zero-order chi connectivity index (χ0) is 52.6. The number of likely N-dealkylation sites (N-methyl/N-ethyl adjacent to an activating group) is 1. The van der Waals surface area contributed by atoms with E-state index in [1.165, 1.54) is 28.1 Å². The Morgan fingerprint density at radius 3 is 2.18 bits per heavy atom. The number of carbonyl (C=O) groups is 3. The van der Waals surface area contributed by atoms with Gasteiger partial charge in [0.25, 0.3) is 0 Å². The van der Waals surface area contributed by atoms with Crippen LogP contribution in [0.2, 0.25) is 0 Å². The number of benzene rings is 2. The quantitative estimate of drug-likeness (QED) is 0.100. The highest BCUT2D eigenvalue weighted by molar-refractivity contribution is 5.93. The lowest BCUT2D eigenvalue weighted by Crippen LogP contribution is -2.61. The molecule has 402 valence electrons. The first kappa shape index (κ1) is 58.4. The van der Waals surface area contributed by atoms with Crippen LogP contribution >= 0.6 is 0 Å². The van der Waals surface area contributed by atoms with Crippen LogP contribution in [0.4, 0.5) is 5.69 Å². The molecule has 5 rings (SSSR count). The highest BCUT2D eigenvalue weighted by Crippen LogP contribution is 2.41. The van der Waals surface area contributed by atoms with E-state index in [-0.39, 0.29) is 37.8 Å². The molecule has 0 spiro atoms. The summed E-state index contributed by atoms with van der Waals surface area (Å²) in [7, 11) is 6.82. The van der Waals surface area contributed by atoms with Crippen molar-refractivity contribution in [3.05, 3.63) is 42.5 Å². The number of nitrogens with zero attached hydrogens (tertiary/aromatic N) is 1. The van der Waals surface area contributed by atoms with Gasteiger partial charge >= 0.3 is 11.9 Å². The number of aliphatic hydroxyl groups is 3. The van der Waals surface area contributed by atoms with Gasteiger partial charge in [0.15, 0.2) is 18.7 Å². The van der Waals surface area contributed by atoms with Crippen molar-refractivity contribution in [3.8, 4) is 0 Å². The van der Waals surface area contributed by atoms with Crippen molar-refractivity contribution in [1.82, 2.24) is 15.5 Å². The first-order chi connectivity index (χ1) is 33.4. The predicted octanol–water partition coefficient (Wildman–Crippen LogP) is 4.54. The number of nitrogens with one attached hydrogen (secondary N) is 3. The van der Waals surface area contributed by atoms with E-state index in [1.54, 1.807) is 27.7 Å². The number of hydrogen-bond donors (Lipinski definition) is 6. The van der Waals surface area contributed by atoms with Crippen LogP contribution in [0.5, 0.6) is 0 Å². The van der Waals surface area contributed by atoms with E-state index >= 15 is 0 Å². The Bertz CT molecular complexity index is 2040. The number of cyclic esters (lactones) is 1. The van der Waals surface area contributed by atoms with Crippen LogP contribution in [0.25, 0.3) is 10.8 Å². The third kappa shape index (κ3) is 14.0. The van der Waals surface area contributed by atoms with Crippen LogP contribution in [0.1, 0.15) is 101 Å². The molecule has 0 unspecified atom stereocenters. The summed E-state index contributed by atoms with van der Waals surface area (Å²) in [6.45, 7) is 18.8. The van der Waals surface area contributed by atoms with Crippen molar-refractivity contribution in [1.29, 1.82) is 0 Å². The molecular formula is C53H86N4O14. The van der Waals surface area contributed by atoms with Crippen molar-refractivity contribution in [3.63, 3.8) is 0 Å². The van der Waals surface area contributed by atoms with E-state index in [1.807, 2.05) is 71.0 Å². The molecule has 2 aromatic carbocycles. The Morgan fingerprint density at radius 1 is 0.859 bits per heavy atom. The lowest BCUT2D eigenvalue weighted by molar-refractivity contribution is -0.320. The van der Waals surface area contributed by atoms with Gasteiger partial charge < -0.3 is 74.1 Å². The van der Waals surface area contributed by atoms with Gasteiger partial charge in [-0.05, 0) is 93.3 Å². The van der Waals surface area contributed by atoms with Gasteiger partial charge in [0.2, 0.25) is 5.91 Å². The molecule has 3 fully saturated rings. The molecule has 1 amide bonds. The van der Waals surface area contributed by atoms with Crippen LogP contribution in [-0.4, -0.2) is 176 Å². The number of aliphatic hydroxyl groups excluding tert-OH is 2. The number of anilines is 1. The van der Waals surface area contributed by atoms with E-state index in [0.29, 0.717) is 26.1 Å². The number of rotatable bonds is 16. The molecule has 6 N–H and O–H groups in total. The van der Waals surface area contributed by atoms with Crippen LogP contribution < -0.4 is 16.0 Å². The number of esters is 2. The van der Waals surface area contributed by atoms with Gasteiger partial charge in [0.1, 0.15) is 23.4 Å². The van der Waals surface area contributed by atoms with Gasteiger partial charge in [-0.15, -0.1) is 0 Å². The number of ether oxygens (including phenoxy) is 8. The lowest BCUT2D eigenvalue weighted by atomic mass is 9.78. The van der Waals surface area contributed by atoms with Crippen molar-refractivity contribution >= 4 is 34.3 Å². The van der Waals surface area contributed by atoms with E-state index in [2.05, 4.69) is 34.1 Å². The number of carbonyl (C=O) groups excluding carboxylic acids is 3. The molecule has 3 saturated heterocycles. The zero-order valence-electron chi connectivity index (χ0n) is 44.6. The summed E-state index contributed by atoms with van der Waals surface area (Å²) < 4.78 is 51.4. The number of methoxy groups -OCH3 is 2. The highest BCUT2D eigenvalue weighted by Gasteiger charge is 2.54. The second-order valence-electron chi connectivity index (χ2n) is 21.2. The fourth-order valence-electron chi connectivity index (χ4n) is 10.8. The summed E-state index contributed by atoms with van der Waals surface area (Å²) in [6, 6.07) is 13.4.